The maximum atomic E-state index is 5.80. The lowest BCUT2D eigenvalue weighted by atomic mass is 9.73. The topological polar surface area (TPSA) is 47.3 Å². The Morgan fingerprint density at radius 1 is 1.14 bits per heavy atom. The van der Waals surface area contributed by atoms with Crippen LogP contribution in [0.25, 0.3) is 0 Å². The van der Waals surface area contributed by atoms with Gasteiger partial charge in [-0.2, -0.15) is 0 Å². The van der Waals surface area contributed by atoms with Crippen LogP contribution in [0.2, 0.25) is 0 Å². The van der Waals surface area contributed by atoms with E-state index < -0.39 is 0 Å². The molecule has 0 saturated carbocycles. The number of rotatable bonds is 6. The van der Waals surface area contributed by atoms with Crippen LogP contribution in [0.3, 0.4) is 0 Å². The fourth-order valence-corrected chi connectivity index (χ4v) is 3.33. The van der Waals surface area contributed by atoms with E-state index in [2.05, 4.69) is 41.8 Å². The molecule has 0 fully saturated rings. The number of benzene rings is 2. The van der Waals surface area contributed by atoms with Crippen molar-refractivity contribution in [3.05, 3.63) is 71.3 Å². The molecule has 2 aromatic rings. The average molecular weight is 282 g/mol. The summed E-state index contributed by atoms with van der Waals surface area (Å²) in [7, 11) is 1.75. The van der Waals surface area contributed by atoms with Crippen molar-refractivity contribution in [2.24, 2.45) is 5.84 Å². The summed E-state index contributed by atoms with van der Waals surface area (Å²) in [6.45, 7) is 0. The Kier molecular flexibility index (Phi) is 4.34. The van der Waals surface area contributed by atoms with E-state index in [4.69, 9.17) is 10.6 Å². The molecule has 1 aliphatic rings. The zero-order valence-corrected chi connectivity index (χ0v) is 12.3. The molecule has 0 radical (unpaired) electrons. The van der Waals surface area contributed by atoms with E-state index in [1.165, 1.54) is 11.1 Å². The molecule has 3 atom stereocenters. The van der Waals surface area contributed by atoms with Crippen LogP contribution < -0.4 is 11.3 Å². The van der Waals surface area contributed by atoms with Crippen molar-refractivity contribution in [1.29, 1.82) is 0 Å². The Morgan fingerprint density at radius 3 is 2.52 bits per heavy atom. The van der Waals surface area contributed by atoms with E-state index in [1.54, 1.807) is 7.11 Å². The first kappa shape index (κ1) is 14.3. The molecule has 0 aromatic heterocycles. The van der Waals surface area contributed by atoms with Crippen molar-refractivity contribution >= 4 is 0 Å². The molecule has 2 aromatic carbocycles. The Balaban J connectivity index is 1.73. The van der Waals surface area contributed by atoms with Gasteiger partial charge in [0.1, 0.15) is 0 Å². The summed E-state index contributed by atoms with van der Waals surface area (Å²) < 4.78 is 5.70. The van der Waals surface area contributed by atoms with Crippen molar-refractivity contribution < 1.29 is 4.74 Å². The van der Waals surface area contributed by atoms with Crippen molar-refractivity contribution in [2.45, 2.75) is 30.9 Å². The van der Waals surface area contributed by atoms with E-state index in [9.17, 15) is 0 Å². The van der Waals surface area contributed by atoms with Gasteiger partial charge < -0.3 is 4.74 Å². The third kappa shape index (κ3) is 2.86. The zero-order chi connectivity index (χ0) is 14.7. The number of fused-ring (bicyclic) bond motifs is 1. The van der Waals surface area contributed by atoms with E-state index in [1.807, 2.05) is 18.2 Å². The van der Waals surface area contributed by atoms with E-state index >= 15 is 0 Å². The van der Waals surface area contributed by atoms with Crippen molar-refractivity contribution in [1.82, 2.24) is 5.43 Å². The molecule has 0 bridgehead atoms. The minimum atomic E-state index is -0.0241. The van der Waals surface area contributed by atoms with Crippen LogP contribution >= 0.6 is 0 Å². The standard InChI is InChI=1S/C18H22N2O/c1-21-18(13-7-3-2-4-8-13)17(20-19)12-15-11-14-9-5-6-10-16(14)15/h2-10,15,17-18,20H,11-12,19H2,1H3. The number of ether oxygens (including phenoxy) is 1. The van der Waals surface area contributed by atoms with Crippen LogP contribution in [0.5, 0.6) is 0 Å². The number of hydrogen-bond donors (Lipinski definition) is 2. The second kappa shape index (κ2) is 6.39. The van der Waals surface area contributed by atoms with Gasteiger partial charge in [0.2, 0.25) is 0 Å². The number of hydrazine groups is 1. The van der Waals surface area contributed by atoms with Gasteiger partial charge in [-0.1, -0.05) is 54.6 Å². The van der Waals surface area contributed by atoms with Crippen LogP contribution in [-0.4, -0.2) is 13.2 Å². The third-order valence-electron chi connectivity index (χ3n) is 4.46. The molecule has 110 valence electrons. The summed E-state index contributed by atoms with van der Waals surface area (Å²) in [5.74, 6) is 6.38. The molecular formula is C18H22N2O. The Hall–Kier alpha value is -1.68. The van der Waals surface area contributed by atoms with Crippen molar-refractivity contribution in [2.75, 3.05) is 7.11 Å². The van der Waals surface area contributed by atoms with E-state index in [0.717, 1.165) is 18.4 Å². The normalized spacial score (nSPS) is 19.4. The van der Waals surface area contributed by atoms with E-state index in [0.29, 0.717) is 5.92 Å². The Bertz CT molecular complexity index is 585. The van der Waals surface area contributed by atoms with Gasteiger partial charge in [0.05, 0.1) is 12.1 Å². The molecular weight excluding hydrogens is 260 g/mol. The summed E-state index contributed by atoms with van der Waals surface area (Å²) >= 11 is 0. The molecule has 0 aliphatic heterocycles. The molecule has 21 heavy (non-hydrogen) atoms. The van der Waals surface area contributed by atoms with Gasteiger partial charge in [-0.3, -0.25) is 11.3 Å². The molecule has 3 nitrogen and oxygen atoms in total. The predicted molar refractivity (Wildman–Crippen MR) is 84.8 cm³/mol. The van der Waals surface area contributed by atoms with Gasteiger partial charge in [-0.25, -0.2) is 0 Å². The maximum absolute atomic E-state index is 5.80. The fourth-order valence-electron chi connectivity index (χ4n) is 3.33. The predicted octanol–water partition coefficient (Wildman–Crippen LogP) is 2.94. The lowest BCUT2D eigenvalue weighted by molar-refractivity contribution is 0.0615. The molecule has 3 rings (SSSR count). The van der Waals surface area contributed by atoms with Crippen molar-refractivity contribution in [3.8, 4) is 0 Å². The summed E-state index contributed by atoms with van der Waals surface area (Å²) in [4.78, 5) is 0. The number of nitrogens with two attached hydrogens (primary N) is 1. The van der Waals surface area contributed by atoms with Crippen LogP contribution in [0.1, 0.15) is 35.1 Å². The van der Waals surface area contributed by atoms with Crippen LogP contribution in [0.4, 0.5) is 0 Å². The lowest BCUT2D eigenvalue weighted by Crippen LogP contribution is -2.42. The van der Waals surface area contributed by atoms with Crippen molar-refractivity contribution in [3.63, 3.8) is 0 Å². The summed E-state index contributed by atoms with van der Waals surface area (Å²) in [6.07, 6.45) is 2.10. The minimum Gasteiger partial charge on any atom is -0.375 e. The largest absolute Gasteiger partial charge is 0.375 e. The maximum Gasteiger partial charge on any atom is 0.0987 e. The highest BCUT2D eigenvalue weighted by Crippen LogP contribution is 2.39. The second-order valence-electron chi connectivity index (χ2n) is 5.68. The highest BCUT2D eigenvalue weighted by atomic mass is 16.5. The third-order valence-corrected chi connectivity index (χ3v) is 4.46. The van der Waals surface area contributed by atoms with Gasteiger partial charge in [-0.05, 0) is 35.4 Å². The van der Waals surface area contributed by atoms with Crippen LogP contribution in [0, 0.1) is 0 Å². The molecule has 0 saturated heterocycles. The molecule has 0 spiro atoms. The van der Waals surface area contributed by atoms with Gasteiger partial charge >= 0.3 is 0 Å². The quantitative estimate of drug-likeness (QED) is 0.632. The van der Waals surface area contributed by atoms with Gasteiger partial charge in [0.15, 0.2) is 0 Å². The molecule has 1 aliphatic carbocycles. The summed E-state index contributed by atoms with van der Waals surface area (Å²) in [5.41, 5.74) is 7.04. The Morgan fingerprint density at radius 2 is 1.86 bits per heavy atom. The first-order valence-corrected chi connectivity index (χ1v) is 7.45. The molecule has 0 amide bonds. The molecule has 3 unspecified atom stereocenters. The first-order chi connectivity index (χ1) is 10.3. The Labute approximate surface area is 126 Å². The van der Waals surface area contributed by atoms with Gasteiger partial charge in [0, 0.05) is 7.11 Å². The first-order valence-electron chi connectivity index (χ1n) is 7.45. The highest BCUT2D eigenvalue weighted by Gasteiger charge is 2.31. The monoisotopic (exact) mass is 282 g/mol. The minimum absolute atomic E-state index is 0.0241. The van der Waals surface area contributed by atoms with Crippen LogP contribution in [0.15, 0.2) is 54.6 Å². The average Bonchev–Trinajstić information content (AvgIpc) is 2.52. The second-order valence-corrected chi connectivity index (χ2v) is 5.68. The lowest BCUT2D eigenvalue weighted by Gasteiger charge is -2.35. The summed E-state index contributed by atoms with van der Waals surface area (Å²) in [5, 5.41) is 0. The van der Waals surface area contributed by atoms with Gasteiger partial charge in [-0.15, -0.1) is 0 Å². The zero-order valence-electron chi connectivity index (χ0n) is 12.3. The number of methoxy groups -OCH3 is 1. The molecule has 0 heterocycles. The van der Waals surface area contributed by atoms with Crippen LogP contribution in [-0.2, 0) is 11.2 Å². The summed E-state index contributed by atoms with van der Waals surface area (Å²) in [6, 6.07) is 19.0. The molecule has 3 heteroatoms. The number of nitrogens with one attached hydrogen (secondary N) is 1. The van der Waals surface area contributed by atoms with Gasteiger partial charge in [0.25, 0.3) is 0 Å². The fraction of sp³-hybridized carbons (Fsp3) is 0.333. The molecule has 3 N–H and O–H groups in total. The number of hydrogen-bond acceptors (Lipinski definition) is 3. The highest BCUT2D eigenvalue weighted by molar-refractivity contribution is 5.40. The van der Waals surface area contributed by atoms with E-state index in [-0.39, 0.29) is 12.1 Å². The smallest absolute Gasteiger partial charge is 0.0987 e. The SMILES string of the molecule is COC(c1ccccc1)C(CC1Cc2ccccc21)NN.